The molecule has 0 bridgehead atoms. The Morgan fingerprint density at radius 2 is 1.88 bits per heavy atom. The summed E-state index contributed by atoms with van der Waals surface area (Å²) >= 11 is 0. The van der Waals surface area contributed by atoms with Crippen molar-refractivity contribution in [2.24, 2.45) is 0 Å². The number of halogens is 1. The zero-order chi connectivity index (χ0) is 23.7. The third-order valence-electron chi connectivity index (χ3n) is 7.63. The van der Waals surface area contributed by atoms with Gasteiger partial charge in [-0.15, -0.1) is 0 Å². The molecule has 1 saturated carbocycles. The number of aryl methyl sites for hydroxylation is 1. The van der Waals surface area contributed by atoms with Crippen LogP contribution in [0.3, 0.4) is 0 Å². The second kappa shape index (κ2) is 9.86. The number of nitrogens with one attached hydrogen (secondary N) is 2. The van der Waals surface area contributed by atoms with Crippen molar-refractivity contribution in [2.75, 3.05) is 36.5 Å². The Balaban J connectivity index is 1.57. The molecule has 3 heterocycles. The Bertz CT molecular complexity index is 1050. The molecule has 2 fully saturated rings. The number of likely N-dealkylation sites (tertiary alicyclic amines) is 1. The minimum absolute atomic E-state index is 0.163. The van der Waals surface area contributed by atoms with Crippen LogP contribution in [0.1, 0.15) is 67.8 Å². The van der Waals surface area contributed by atoms with Crippen molar-refractivity contribution in [2.45, 2.75) is 70.9 Å². The first-order valence-corrected chi connectivity index (χ1v) is 12.8. The standard InChI is InChI=1S/C26H35FN6O/c1-3-32-13-11-19(12-14-32)29-26-30-23(21-10-9-18(27)15-17(21)2)22-24(31-26)33(16-28-25(22)34)20-7-5-4-6-8-20/h9-10,15,19-20H,3-8,11-14,16H2,1-2H3,(H,28,34)(H,29,30,31). The molecular formula is C26H35FN6O. The third kappa shape index (κ3) is 4.60. The number of amides is 1. The number of rotatable bonds is 5. The minimum Gasteiger partial charge on any atom is -0.351 e. The summed E-state index contributed by atoms with van der Waals surface area (Å²) in [6.45, 7) is 7.70. The van der Waals surface area contributed by atoms with Gasteiger partial charge in [0.2, 0.25) is 5.95 Å². The number of carbonyl (C=O) groups excluding carboxylic acids is 1. The average Bonchev–Trinajstić information content (AvgIpc) is 2.85. The van der Waals surface area contributed by atoms with Crippen LogP contribution in [0.2, 0.25) is 0 Å². The summed E-state index contributed by atoms with van der Waals surface area (Å²) in [4.78, 5) is 27.7. The molecule has 34 heavy (non-hydrogen) atoms. The summed E-state index contributed by atoms with van der Waals surface area (Å²) < 4.78 is 13.9. The molecule has 7 nitrogen and oxygen atoms in total. The van der Waals surface area contributed by atoms with E-state index < -0.39 is 0 Å². The molecule has 1 aliphatic carbocycles. The summed E-state index contributed by atoms with van der Waals surface area (Å²) in [5.74, 6) is 0.808. The molecule has 0 atom stereocenters. The highest BCUT2D eigenvalue weighted by Gasteiger charge is 2.34. The number of hydrogen-bond donors (Lipinski definition) is 2. The summed E-state index contributed by atoms with van der Waals surface area (Å²) in [5.41, 5.74) is 2.60. The fraction of sp³-hybridized carbons (Fsp3) is 0.577. The highest BCUT2D eigenvalue weighted by atomic mass is 19.1. The van der Waals surface area contributed by atoms with Gasteiger partial charge in [0.1, 0.15) is 17.2 Å². The summed E-state index contributed by atoms with van der Waals surface area (Å²) in [7, 11) is 0. The van der Waals surface area contributed by atoms with E-state index >= 15 is 0 Å². The number of piperidine rings is 1. The lowest BCUT2D eigenvalue weighted by atomic mass is 9.93. The maximum Gasteiger partial charge on any atom is 0.258 e. The van der Waals surface area contributed by atoms with Gasteiger partial charge in [0, 0.05) is 30.7 Å². The first-order valence-electron chi connectivity index (χ1n) is 12.8. The maximum absolute atomic E-state index is 13.9. The second-order valence-corrected chi connectivity index (χ2v) is 9.83. The largest absolute Gasteiger partial charge is 0.351 e. The van der Waals surface area contributed by atoms with E-state index in [-0.39, 0.29) is 11.7 Å². The average molecular weight is 467 g/mol. The summed E-state index contributed by atoms with van der Waals surface area (Å²) in [5, 5.41) is 6.62. The van der Waals surface area contributed by atoms with Gasteiger partial charge in [-0.2, -0.15) is 4.98 Å². The molecule has 0 radical (unpaired) electrons. The molecule has 1 aromatic heterocycles. The van der Waals surface area contributed by atoms with E-state index in [4.69, 9.17) is 9.97 Å². The molecule has 2 aliphatic heterocycles. The lowest BCUT2D eigenvalue weighted by molar-refractivity contribution is 0.0944. The van der Waals surface area contributed by atoms with Crippen LogP contribution in [-0.4, -0.2) is 59.2 Å². The molecule has 5 rings (SSSR count). The van der Waals surface area contributed by atoms with E-state index in [0.717, 1.165) is 56.4 Å². The predicted octanol–water partition coefficient (Wildman–Crippen LogP) is 4.33. The minimum atomic E-state index is -0.293. The van der Waals surface area contributed by atoms with Crippen molar-refractivity contribution in [1.82, 2.24) is 20.2 Å². The quantitative estimate of drug-likeness (QED) is 0.684. The highest BCUT2D eigenvalue weighted by molar-refractivity contribution is 6.06. The summed E-state index contributed by atoms with van der Waals surface area (Å²) in [6, 6.07) is 5.31. The van der Waals surface area contributed by atoms with Crippen LogP contribution in [0, 0.1) is 12.7 Å². The number of benzene rings is 1. The topological polar surface area (TPSA) is 73.4 Å². The lowest BCUT2D eigenvalue weighted by Gasteiger charge is -2.39. The molecule has 1 amide bonds. The van der Waals surface area contributed by atoms with Crippen LogP contribution in [0.15, 0.2) is 18.2 Å². The molecule has 1 saturated heterocycles. The number of hydrogen-bond acceptors (Lipinski definition) is 6. The van der Waals surface area contributed by atoms with Crippen molar-refractivity contribution in [3.8, 4) is 11.3 Å². The number of nitrogens with zero attached hydrogens (tertiary/aromatic N) is 4. The first kappa shape index (κ1) is 23.0. The van der Waals surface area contributed by atoms with E-state index in [9.17, 15) is 9.18 Å². The maximum atomic E-state index is 13.9. The van der Waals surface area contributed by atoms with Gasteiger partial charge in [-0.05, 0) is 62.9 Å². The van der Waals surface area contributed by atoms with Crippen molar-refractivity contribution in [3.63, 3.8) is 0 Å². The van der Waals surface area contributed by atoms with Gasteiger partial charge in [-0.3, -0.25) is 4.79 Å². The Kier molecular flexibility index (Phi) is 6.68. The van der Waals surface area contributed by atoms with Gasteiger partial charge in [-0.1, -0.05) is 26.2 Å². The normalized spacial score (nSPS) is 20.2. The van der Waals surface area contributed by atoms with Gasteiger partial charge in [0.15, 0.2) is 0 Å². The van der Waals surface area contributed by atoms with Crippen LogP contribution >= 0.6 is 0 Å². The monoisotopic (exact) mass is 466 g/mol. The zero-order valence-corrected chi connectivity index (χ0v) is 20.2. The molecule has 8 heteroatoms. The molecule has 3 aliphatic rings. The van der Waals surface area contributed by atoms with Gasteiger partial charge < -0.3 is 20.4 Å². The van der Waals surface area contributed by atoms with Crippen LogP contribution < -0.4 is 15.5 Å². The first-order chi connectivity index (χ1) is 16.5. The van der Waals surface area contributed by atoms with Crippen molar-refractivity contribution < 1.29 is 9.18 Å². The Hall–Kier alpha value is -2.74. The van der Waals surface area contributed by atoms with Crippen molar-refractivity contribution in [1.29, 1.82) is 0 Å². The van der Waals surface area contributed by atoms with Gasteiger partial charge in [-0.25, -0.2) is 9.37 Å². The van der Waals surface area contributed by atoms with Gasteiger partial charge in [0.25, 0.3) is 5.91 Å². The number of carbonyl (C=O) groups is 1. The smallest absolute Gasteiger partial charge is 0.258 e. The Morgan fingerprint density at radius 3 is 2.59 bits per heavy atom. The van der Waals surface area contributed by atoms with Gasteiger partial charge >= 0.3 is 0 Å². The number of anilines is 2. The van der Waals surface area contributed by atoms with E-state index in [1.165, 1.54) is 31.4 Å². The molecule has 2 aromatic rings. The van der Waals surface area contributed by atoms with E-state index in [1.54, 1.807) is 6.07 Å². The van der Waals surface area contributed by atoms with E-state index in [0.29, 0.717) is 41.8 Å². The SMILES string of the molecule is CCN1CCC(Nc2nc(-c3ccc(F)cc3C)c3c(n2)N(C2CCCCC2)CNC3=O)CC1. The van der Waals surface area contributed by atoms with E-state index in [2.05, 4.69) is 27.4 Å². The van der Waals surface area contributed by atoms with E-state index in [1.807, 2.05) is 6.92 Å². The van der Waals surface area contributed by atoms with Crippen molar-refractivity contribution >= 4 is 17.7 Å². The van der Waals surface area contributed by atoms with Crippen LogP contribution in [-0.2, 0) is 0 Å². The summed E-state index contributed by atoms with van der Waals surface area (Å²) in [6.07, 6.45) is 7.92. The highest BCUT2D eigenvalue weighted by Crippen LogP contribution is 2.37. The molecule has 0 unspecified atom stereocenters. The predicted molar refractivity (Wildman–Crippen MR) is 133 cm³/mol. The molecular weight excluding hydrogens is 431 g/mol. The fourth-order valence-electron chi connectivity index (χ4n) is 5.61. The Labute approximate surface area is 201 Å². The second-order valence-electron chi connectivity index (χ2n) is 9.83. The van der Waals surface area contributed by atoms with Crippen LogP contribution in [0.5, 0.6) is 0 Å². The Morgan fingerprint density at radius 1 is 1.12 bits per heavy atom. The molecule has 182 valence electrons. The van der Waals surface area contributed by atoms with Gasteiger partial charge in [0.05, 0.1) is 12.4 Å². The molecule has 2 N–H and O–H groups in total. The number of fused-ring (bicyclic) bond motifs is 1. The fourth-order valence-corrected chi connectivity index (χ4v) is 5.61. The zero-order valence-electron chi connectivity index (χ0n) is 20.2. The van der Waals surface area contributed by atoms with Crippen molar-refractivity contribution in [3.05, 3.63) is 35.1 Å². The van der Waals surface area contributed by atoms with Crippen LogP contribution in [0.4, 0.5) is 16.2 Å². The lowest BCUT2D eigenvalue weighted by Crippen LogP contribution is -2.50. The molecule has 1 aromatic carbocycles. The number of aromatic nitrogens is 2. The third-order valence-corrected chi connectivity index (χ3v) is 7.63. The van der Waals surface area contributed by atoms with Crippen LogP contribution in [0.25, 0.3) is 11.3 Å². The molecule has 0 spiro atoms.